The van der Waals surface area contributed by atoms with E-state index in [9.17, 15) is 9.59 Å². The lowest BCUT2D eigenvalue weighted by Crippen LogP contribution is -2.45. The predicted molar refractivity (Wildman–Crippen MR) is 101 cm³/mol. The highest BCUT2D eigenvalue weighted by Gasteiger charge is 2.30. The third-order valence-corrected chi connectivity index (χ3v) is 5.68. The first kappa shape index (κ1) is 17.7. The predicted octanol–water partition coefficient (Wildman–Crippen LogP) is 3.79. The smallest absolute Gasteiger partial charge is 0.263 e. The van der Waals surface area contributed by atoms with Gasteiger partial charge < -0.3 is 10.2 Å². The number of likely N-dealkylation sites (tertiary alicyclic amines) is 1. The fraction of sp³-hybridized carbons (Fsp3) is 0.400. The molecule has 4 nitrogen and oxygen atoms in total. The Labute approximate surface area is 152 Å². The van der Waals surface area contributed by atoms with E-state index in [1.165, 1.54) is 16.9 Å². The zero-order valence-corrected chi connectivity index (χ0v) is 15.5. The maximum absolute atomic E-state index is 12.7. The zero-order chi connectivity index (χ0) is 17.8. The molecule has 2 unspecified atom stereocenters. The fourth-order valence-corrected chi connectivity index (χ4v) is 4.10. The topological polar surface area (TPSA) is 49.4 Å². The maximum Gasteiger partial charge on any atom is 0.263 e. The van der Waals surface area contributed by atoms with Crippen molar-refractivity contribution in [2.45, 2.75) is 32.7 Å². The molecule has 0 saturated carbocycles. The van der Waals surface area contributed by atoms with Gasteiger partial charge in [-0.25, -0.2) is 0 Å². The molecule has 1 aromatic heterocycles. The monoisotopic (exact) mass is 356 g/mol. The van der Waals surface area contributed by atoms with Gasteiger partial charge in [-0.15, -0.1) is 11.3 Å². The number of benzene rings is 1. The van der Waals surface area contributed by atoms with Crippen molar-refractivity contribution in [1.82, 2.24) is 10.2 Å². The number of carbonyl (C=O) groups is 2. The van der Waals surface area contributed by atoms with Crippen LogP contribution in [0, 0.1) is 12.8 Å². The van der Waals surface area contributed by atoms with Crippen molar-refractivity contribution >= 4 is 23.2 Å². The third-order valence-electron chi connectivity index (χ3n) is 4.83. The van der Waals surface area contributed by atoms with E-state index in [1.807, 2.05) is 47.5 Å². The van der Waals surface area contributed by atoms with E-state index in [0.29, 0.717) is 6.54 Å². The molecule has 2 heterocycles. The van der Waals surface area contributed by atoms with Crippen LogP contribution in [-0.4, -0.2) is 29.8 Å². The minimum Gasteiger partial charge on any atom is -0.349 e. The summed E-state index contributed by atoms with van der Waals surface area (Å²) >= 11 is 1.45. The van der Waals surface area contributed by atoms with Gasteiger partial charge >= 0.3 is 0 Å². The molecule has 2 atom stereocenters. The van der Waals surface area contributed by atoms with Crippen molar-refractivity contribution in [2.75, 3.05) is 13.1 Å². The van der Waals surface area contributed by atoms with E-state index < -0.39 is 0 Å². The quantitative estimate of drug-likeness (QED) is 0.906. The summed E-state index contributed by atoms with van der Waals surface area (Å²) < 4.78 is 0. The van der Waals surface area contributed by atoms with E-state index in [0.717, 1.165) is 29.8 Å². The van der Waals surface area contributed by atoms with Crippen molar-refractivity contribution in [1.29, 1.82) is 0 Å². The molecule has 2 amide bonds. The molecule has 0 aliphatic carbocycles. The number of hydrogen-bond donors (Lipinski definition) is 1. The second-order valence-corrected chi connectivity index (χ2v) is 7.60. The molecule has 0 radical (unpaired) electrons. The van der Waals surface area contributed by atoms with Gasteiger partial charge in [0.1, 0.15) is 0 Å². The van der Waals surface area contributed by atoms with Gasteiger partial charge in [0.15, 0.2) is 0 Å². The van der Waals surface area contributed by atoms with E-state index in [-0.39, 0.29) is 23.8 Å². The van der Waals surface area contributed by atoms with E-state index in [4.69, 9.17) is 0 Å². The van der Waals surface area contributed by atoms with Crippen molar-refractivity contribution < 1.29 is 9.59 Å². The van der Waals surface area contributed by atoms with Gasteiger partial charge in [-0.05, 0) is 49.3 Å². The first-order valence-corrected chi connectivity index (χ1v) is 9.63. The summed E-state index contributed by atoms with van der Waals surface area (Å²) in [5, 5.41) is 5.03. The van der Waals surface area contributed by atoms with Crippen LogP contribution < -0.4 is 5.32 Å². The Morgan fingerprint density at radius 2 is 2.04 bits per heavy atom. The van der Waals surface area contributed by atoms with Crippen molar-refractivity contribution in [3.05, 3.63) is 57.8 Å². The molecule has 0 spiro atoms. The molecule has 0 bridgehead atoms. The van der Waals surface area contributed by atoms with E-state index >= 15 is 0 Å². The molecule has 1 aliphatic rings. The van der Waals surface area contributed by atoms with Crippen molar-refractivity contribution in [3.8, 4) is 0 Å². The SMILES string of the molecule is Cc1ccccc1C(C)NC(=O)C1CCCN(C(=O)c2cccs2)C1. The Hall–Kier alpha value is -2.14. The Kier molecular flexibility index (Phi) is 5.53. The molecule has 3 rings (SSSR count). The Balaban J connectivity index is 1.62. The Morgan fingerprint density at radius 1 is 1.24 bits per heavy atom. The molecule has 25 heavy (non-hydrogen) atoms. The van der Waals surface area contributed by atoms with Gasteiger partial charge in [-0.1, -0.05) is 30.3 Å². The average Bonchev–Trinajstić information content (AvgIpc) is 3.16. The van der Waals surface area contributed by atoms with Crippen LogP contribution in [0.3, 0.4) is 0 Å². The number of hydrogen-bond acceptors (Lipinski definition) is 3. The van der Waals surface area contributed by atoms with E-state index in [1.54, 1.807) is 0 Å². The average molecular weight is 356 g/mol. The second kappa shape index (κ2) is 7.83. The number of nitrogens with zero attached hydrogens (tertiary/aromatic N) is 1. The number of rotatable bonds is 4. The molecule has 1 aliphatic heterocycles. The molecule has 132 valence electrons. The Bertz CT molecular complexity index is 742. The Morgan fingerprint density at radius 3 is 2.76 bits per heavy atom. The van der Waals surface area contributed by atoms with Crippen molar-refractivity contribution in [3.63, 3.8) is 0 Å². The van der Waals surface area contributed by atoms with Crippen LogP contribution in [0.1, 0.15) is 46.6 Å². The highest BCUT2D eigenvalue weighted by atomic mass is 32.1. The maximum atomic E-state index is 12.7. The van der Waals surface area contributed by atoms with Crippen LogP contribution in [0.5, 0.6) is 0 Å². The molecule has 1 saturated heterocycles. The highest BCUT2D eigenvalue weighted by molar-refractivity contribution is 7.12. The summed E-state index contributed by atoms with van der Waals surface area (Å²) in [4.78, 5) is 27.8. The van der Waals surface area contributed by atoms with Crippen LogP contribution >= 0.6 is 11.3 Å². The first-order valence-electron chi connectivity index (χ1n) is 8.75. The largest absolute Gasteiger partial charge is 0.349 e. The van der Waals surface area contributed by atoms with Crippen LogP contribution in [0.15, 0.2) is 41.8 Å². The molecule has 1 N–H and O–H groups in total. The minimum absolute atomic E-state index is 0.0305. The van der Waals surface area contributed by atoms with Crippen LogP contribution in [-0.2, 0) is 4.79 Å². The number of nitrogens with one attached hydrogen (secondary N) is 1. The minimum atomic E-state index is -0.135. The normalized spacial score (nSPS) is 18.6. The van der Waals surface area contributed by atoms with Gasteiger partial charge in [0.05, 0.1) is 16.8 Å². The summed E-state index contributed by atoms with van der Waals surface area (Å²) in [6.07, 6.45) is 1.70. The standard InChI is InChI=1S/C20H24N2O2S/c1-14-7-3-4-9-17(14)15(2)21-19(23)16-8-5-11-22(13-16)20(24)18-10-6-12-25-18/h3-4,6-7,9-10,12,15-16H,5,8,11,13H2,1-2H3,(H,21,23). The van der Waals surface area contributed by atoms with Gasteiger partial charge in [0.2, 0.25) is 5.91 Å². The van der Waals surface area contributed by atoms with Crippen LogP contribution in [0.4, 0.5) is 0 Å². The third kappa shape index (κ3) is 4.10. The molecule has 2 aromatic rings. The molecule has 1 fully saturated rings. The number of piperidine rings is 1. The lowest BCUT2D eigenvalue weighted by atomic mass is 9.95. The lowest BCUT2D eigenvalue weighted by molar-refractivity contribution is -0.127. The van der Waals surface area contributed by atoms with E-state index in [2.05, 4.69) is 18.3 Å². The summed E-state index contributed by atoms with van der Waals surface area (Å²) in [5.74, 6) is -0.0528. The van der Waals surface area contributed by atoms with Gasteiger partial charge in [-0.3, -0.25) is 9.59 Å². The van der Waals surface area contributed by atoms with Crippen molar-refractivity contribution in [2.24, 2.45) is 5.92 Å². The number of aryl methyl sites for hydroxylation is 1. The van der Waals surface area contributed by atoms with Gasteiger partial charge in [0.25, 0.3) is 5.91 Å². The second-order valence-electron chi connectivity index (χ2n) is 6.65. The summed E-state index contributed by atoms with van der Waals surface area (Å²) in [6.45, 7) is 5.30. The number of carbonyl (C=O) groups excluding carboxylic acids is 2. The summed E-state index contributed by atoms with van der Waals surface area (Å²) in [6, 6.07) is 11.8. The summed E-state index contributed by atoms with van der Waals surface area (Å²) in [7, 11) is 0. The lowest BCUT2D eigenvalue weighted by Gasteiger charge is -2.32. The van der Waals surface area contributed by atoms with Gasteiger partial charge in [-0.2, -0.15) is 0 Å². The first-order chi connectivity index (χ1) is 12.1. The zero-order valence-electron chi connectivity index (χ0n) is 14.7. The molecular weight excluding hydrogens is 332 g/mol. The summed E-state index contributed by atoms with van der Waals surface area (Å²) in [5.41, 5.74) is 2.31. The number of amides is 2. The highest BCUT2D eigenvalue weighted by Crippen LogP contribution is 2.22. The fourth-order valence-electron chi connectivity index (χ4n) is 3.41. The molecule has 5 heteroatoms. The van der Waals surface area contributed by atoms with Gasteiger partial charge in [0, 0.05) is 13.1 Å². The number of thiophene rings is 1. The molecule has 1 aromatic carbocycles. The van der Waals surface area contributed by atoms with Crippen LogP contribution in [0.25, 0.3) is 0 Å². The molecular formula is C20H24N2O2S. The van der Waals surface area contributed by atoms with Crippen LogP contribution in [0.2, 0.25) is 0 Å².